The Morgan fingerprint density at radius 3 is 2.31 bits per heavy atom. The predicted molar refractivity (Wildman–Crippen MR) is 112 cm³/mol. The van der Waals surface area contributed by atoms with Crippen LogP contribution in [-0.4, -0.2) is 11.8 Å². The van der Waals surface area contributed by atoms with Crippen LogP contribution in [0.1, 0.15) is 11.1 Å². The number of halogens is 2. The van der Waals surface area contributed by atoms with E-state index in [9.17, 15) is 14.0 Å². The molecule has 144 valence electrons. The molecule has 0 aliphatic carbocycles. The molecule has 0 unspecified atom stereocenters. The van der Waals surface area contributed by atoms with Crippen LogP contribution in [-0.2, 0) is 9.59 Å². The molecule has 1 aliphatic rings. The van der Waals surface area contributed by atoms with E-state index in [0.29, 0.717) is 22.0 Å². The SMILES string of the molecule is Cc1ccccc1NC1=C(c2ccc(F)cc2)C(=O)N(c2cccc(Cl)c2)C1=O. The third-order valence-corrected chi connectivity index (χ3v) is 4.92. The molecule has 0 aromatic heterocycles. The van der Waals surface area contributed by atoms with E-state index in [2.05, 4.69) is 5.32 Å². The number of carbonyl (C=O) groups excluding carboxylic acids is 2. The Morgan fingerprint density at radius 2 is 1.62 bits per heavy atom. The van der Waals surface area contributed by atoms with Crippen LogP contribution in [0.2, 0.25) is 5.02 Å². The number of para-hydroxylation sites is 1. The van der Waals surface area contributed by atoms with Crippen molar-refractivity contribution >= 4 is 40.4 Å². The fraction of sp³-hybridized carbons (Fsp3) is 0.0435. The van der Waals surface area contributed by atoms with Crippen molar-refractivity contribution in [3.05, 3.63) is 100 Å². The number of nitrogens with one attached hydrogen (secondary N) is 1. The van der Waals surface area contributed by atoms with Crippen molar-refractivity contribution < 1.29 is 14.0 Å². The van der Waals surface area contributed by atoms with E-state index in [0.717, 1.165) is 10.5 Å². The summed E-state index contributed by atoms with van der Waals surface area (Å²) < 4.78 is 13.4. The summed E-state index contributed by atoms with van der Waals surface area (Å²) in [6.07, 6.45) is 0. The Balaban J connectivity index is 1.85. The Bertz CT molecular complexity index is 1160. The molecule has 6 heteroatoms. The van der Waals surface area contributed by atoms with E-state index in [1.165, 1.54) is 24.3 Å². The normalized spacial score (nSPS) is 14.0. The van der Waals surface area contributed by atoms with Crippen LogP contribution in [0, 0.1) is 12.7 Å². The van der Waals surface area contributed by atoms with Gasteiger partial charge in [-0.05, 0) is 54.4 Å². The number of anilines is 2. The molecule has 3 aromatic carbocycles. The highest BCUT2D eigenvalue weighted by molar-refractivity contribution is 6.46. The number of rotatable bonds is 4. The average molecular weight is 407 g/mol. The van der Waals surface area contributed by atoms with Gasteiger partial charge in [-0.3, -0.25) is 9.59 Å². The molecule has 0 saturated carbocycles. The van der Waals surface area contributed by atoms with Crippen LogP contribution in [0.15, 0.2) is 78.5 Å². The van der Waals surface area contributed by atoms with Crippen molar-refractivity contribution in [2.24, 2.45) is 0 Å². The maximum atomic E-state index is 13.4. The molecule has 0 saturated heterocycles. The lowest BCUT2D eigenvalue weighted by Crippen LogP contribution is -2.32. The van der Waals surface area contributed by atoms with Crippen molar-refractivity contribution in [2.75, 3.05) is 10.2 Å². The summed E-state index contributed by atoms with van der Waals surface area (Å²) in [7, 11) is 0. The average Bonchev–Trinajstić information content (AvgIpc) is 2.94. The van der Waals surface area contributed by atoms with E-state index in [1.54, 1.807) is 24.3 Å². The van der Waals surface area contributed by atoms with Gasteiger partial charge in [0, 0.05) is 10.7 Å². The molecule has 3 aromatic rings. The number of aryl methyl sites for hydroxylation is 1. The minimum Gasteiger partial charge on any atom is -0.350 e. The summed E-state index contributed by atoms with van der Waals surface area (Å²) in [5, 5.41) is 3.52. The molecule has 4 rings (SSSR count). The van der Waals surface area contributed by atoms with E-state index in [-0.39, 0.29) is 11.3 Å². The van der Waals surface area contributed by atoms with Crippen molar-refractivity contribution in [3.8, 4) is 0 Å². The first-order chi connectivity index (χ1) is 14.0. The van der Waals surface area contributed by atoms with Gasteiger partial charge in [0.05, 0.1) is 11.3 Å². The number of amides is 2. The topological polar surface area (TPSA) is 49.4 Å². The second kappa shape index (κ2) is 7.53. The highest BCUT2D eigenvalue weighted by Gasteiger charge is 2.40. The molecular weight excluding hydrogens is 391 g/mol. The number of nitrogens with zero attached hydrogens (tertiary/aromatic N) is 1. The molecule has 2 amide bonds. The largest absolute Gasteiger partial charge is 0.350 e. The van der Waals surface area contributed by atoms with Gasteiger partial charge in [0.25, 0.3) is 11.8 Å². The Hall–Kier alpha value is -3.44. The zero-order valence-corrected chi connectivity index (χ0v) is 16.2. The quantitative estimate of drug-likeness (QED) is 0.607. The Labute approximate surface area is 172 Å². The number of imide groups is 1. The second-order valence-corrected chi connectivity index (χ2v) is 7.06. The third-order valence-electron chi connectivity index (χ3n) is 4.69. The molecule has 0 spiro atoms. The Morgan fingerprint density at radius 1 is 0.897 bits per heavy atom. The fourth-order valence-electron chi connectivity index (χ4n) is 3.23. The molecular formula is C23H16ClFN2O2. The van der Waals surface area contributed by atoms with Gasteiger partial charge < -0.3 is 5.32 Å². The maximum Gasteiger partial charge on any atom is 0.282 e. The molecule has 0 atom stereocenters. The third kappa shape index (κ3) is 3.52. The molecule has 0 radical (unpaired) electrons. The molecule has 29 heavy (non-hydrogen) atoms. The standard InChI is InChI=1S/C23H16ClFN2O2/c1-14-5-2-3-8-19(14)26-21-20(15-9-11-17(25)12-10-15)22(28)27(23(21)29)18-7-4-6-16(24)13-18/h2-13,26H,1H3. The second-order valence-electron chi connectivity index (χ2n) is 6.62. The molecule has 0 fully saturated rings. The van der Waals surface area contributed by atoms with Crippen molar-refractivity contribution in [2.45, 2.75) is 6.92 Å². The lowest BCUT2D eigenvalue weighted by atomic mass is 10.0. The maximum absolute atomic E-state index is 13.4. The summed E-state index contributed by atoms with van der Waals surface area (Å²) >= 11 is 6.06. The number of hydrogen-bond donors (Lipinski definition) is 1. The van der Waals surface area contributed by atoms with Gasteiger partial charge in [0.15, 0.2) is 0 Å². The van der Waals surface area contributed by atoms with Gasteiger partial charge >= 0.3 is 0 Å². The first kappa shape index (κ1) is 18.9. The molecule has 0 bridgehead atoms. The number of hydrogen-bond acceptors (Lipinski definition) is 3. The van der Waals surface area contributed by atoms with Crippen LogP contribution in [0.4, 0.5) is 15.8 Å². The van der Waals surface area contributed by atoms with E-state index in [4.69, 9.17) is 11.6 Å². The van der Waals surface area contributed by atoms with Crippen LogP contribution >= 0.6 is 11.6 Å². The van der Waals surface area contributed by atoms with Gasteiger partial charge in [0.1, 0.15) is 11.5 Å². The summed E-state index contributed by atoms with van der Waals surface area (Å²) in [6, 6.07) is 19.4. The first-order valence-electron chi connectivity index (χ1n) is 8.93. The summed E-state index contributed by atoms with van der Waals surface area (Å²) in [5.74, 6) is -1.42. The zero-order chi connectivity index (χ0) is 20.5. The van der Waals surface area contributed by atoms with E-state index >= 15 is 0 Å². The van der Waals surface area contributed by atoms with Gasteiger partial charge in [0.2, 0.25) is 0 Å². The molecule has 1 N–H and O–H groups in total. The monoisotopic (exact) mass is 406 g/mol. The van der Waals surface area contributed by atoms with Crippen molar-refractivity contribution in [3.63, 3.8) is 0 Å². The van der Waals surface area contributed by atoms with Crippen LogP contribution < -0.4 is 10.2 Å². The smallest absolute Gasteiger partial charge is 0.282 e. The number of benzene rings is 3. The zero-order valence-electron chi connectivity index (χ0n) is 15.4. The fourth-order valence-corrected chi connectivity index (χ4v) is 3.41. The predicted octanol–water partition coefficient (Wildman–Crippen LogP) is 5.18. The Kier molecular flexibility index (Phi) is 4.91. The minimum atomic E-state index is -0.500. The lowest BCUT2D eigenvalue weighted by molar-refractivity contribution is -0.120. The first-order valence-corrected chi connectivity index (χ1v) is 9.31. The molecule has 1 heterocycles. The van der Waals surface area contributed by atoms with E-state index < -0.39 is 17.6 Å². The lowest BCUT2D eigenvalue weighted by Gasteiger charge is -2.16. The molecule has 1 aliphatic heterocycles. The van der Waals surface area contributed by atoms with Crippen LogP contribution in [0.3, 0.4) is 0 Å². The van der Waals surface area contributed by atoms with Crippen LogP contribution in [0.5, 0.6) is 0 Å². The van der Waals surface area contributed by atoms with Crippen molar-refractivity contribution in [1.82, 2.24) is 0 Å². The molecule has 4 nitrogen and oxygen atoms in total. The van der Waals surface area contributed by atoms with Crippen molar-refractivity contribution in [1.29, 1.82) is 0 Å². The minimum absolute atomic E-state index is 0.135. The highest BCUT2D eigenvalue weighted by atomic mass is 35.5. The summed E-state index contributed by atoms with van der Waals surface area (Å²) in [5.41, 5.74) is 2.75. The highest BCUT2D eigenvalue weighted by Crippen LogP contribution is 2.35. The van der Waals surface area contributed by atoms with Gasteiger partial charge in [-0.25, -0.2) is 9.29 Å². The number of carbonyl (C=O) groups is 2. The summed E-state index contributed by atoms with van der Waals surface area (Å²) in [4.78, 5) is 27.6. The van der Waals surface area contributed by atoms with Crippen LogP contribution in [0.25, 0.3) is 5.57 Å². The van der Waals surface area contributed by atoms with E-state index in [1.807, 2.05) is 31.2 Å². The summed E-state index contributed by atoms with van der Waals surface area (Å²) in [6.45, 7) is 1.90. The van der Waals surface area contributed by atoms with Gasteiger partial charge in [-0.1, -0.05) is 48.0 Å². The van der Waals surface area contributed by atoms with Gasteiger partial charge in [-0.15, -0.1) is 0 Å². The van der Waals surface area contributed by atoms with Gasteiger partial charge in [-0.2, -0.15) is 0 Å².